The second-order valence-electron chi connectivity index (χ2n) is 4.15. The maximum atomic E-state index is 11.4. The van der Waals surface area contributed by atoms with Gasteiger partial charge in [-0.1, -0.05) is 25.0 Å². The Kier molecular flexibility index (Phi) is 5.91. The summed E-state index contributed by atoms with van der Waals surface area (Å²) in [4.78, 5) is 22.3. The minimum absolute atomic E-state index is 0.0619. The molecule has 0 aliphatic rings. The van der Waals surface area contributed by atoms with Crippen LogP contribution in [-0.2, 0) is 4.79 Å². The zero-order valence-electron chi connectivity index (χ0n) is 10.9. The first-order chi connectivity index (χ1) is 8.67. The van der Waals surface area contributed by atoms with Crippen LogP contribution in [0.3, 0.4) is 0 Å². The molecule has 0 aromatic heterocycles. The summed E-state index contributed by atoms with van der Waals surface area (Å²) >= 11 is 0. The van der Waals surface area contributed by atoms with Gasteiger partial charge in [0.2, 0.25) is 0 Å². The van der Waals surface area contributed by atoms with Gasteiger partial charge in [0.1, 0.15) is 5.75 Å². The van der Waals surface area contributed by atoms with Gasteiger partial charge in [-0.2, -0.15) is 0 Å². The van der Waals surface area contributed by atoms with E-state index < -0.39 is 0 Å². The van der Waals surface area contributed by atoms with Crippen molar-refractivity contribution in [3.05, 3.63) is 29.3 Å². The molecule has 0 fully saturated rings. The van der Waals surface area contributed by atoms with Gasteiger partial charge in [-0.3, -0.25) is 9.59 Å². The van der Waals surface area contributed by atoms with Crippen LogP contribution >= 0.6 is 0 Å². The Morgan fingerprint density at radius 2 is 2.22 bits per heavy atom. The first-order valence-corrected chi connectivity index (χ1v) is 6.12. The van der Waals surface area contributed by atoms with E-state index in [0.29, 0.717) is 17.9 Å². The lowest BCUT2D eigenvalue weighted by molar-refractivity contribution is -0.123. The molecule has 0 unspecified atom stereocenters. The quantitative estimate of drug-likeness (QED) is 0.594. The van der Waals surface area contributed by atoms with Crippen molar-refractivity contribution in [2.45, 2.75) is 26.7 Å². The zero-order valence-corrected chi connectivity index (χ0v) is 10.9. The van der Waals surface area contributed by atoms with Gasteiger partial charge in [0, 0.05) is 6.54 Å². The van der Waals surface area contributed by atoms with E-state index in [1.165, 1.54) is 0 Å². The molecule has 0 spiro atoms. The van der Waals surface area contributed by atoms with E-state index in [4.69, 9.17) is 4.74 Å². The van der Waals surface area contributed by atoms with Crippen LogP contribution in [0.1, 0.15) is 35.7 Å². The first kappa shape index (κ1) is 14.2. The van der Waals surface area contributed by atoms with Gasteiger partial charge in [0.15, 0.2) is 12.9 Å². The summed E-state index contributed by atoms with van der Waals surface area (Å²) < 4.78 is 5.33. The average Bonchev–Trinajstić information content (AvgIpc) is 2.37. The number of carbonyl (C=O) groups excluding carboxylic acids is 2. The lowest BCUT2D eigenvalue weighted by atomic mass is 10.1. The third kappa shape index (κ3) is 4.57. The highest BCUT2D eigenvalue weighted by molar-refractivity contribution is 5.81. The molecular weight excluding hydrogens is 230 g/mol. The number of benzene rings is 1. The van der Waals surface area contributed by atoms with Crippen LogP contribution in [0.2, 0.25) is 0 Å². The Balaban J connectivity index is 2.48. The van der Waals surface area contributed by atoms with E-state index in [0.717, 1.165) is 24.7 Å². The largest absolute Gasteiger partial charge is 0.483 e. The summed E-state index contributed by atoms with van der Waals surface area (Å²) in [6.07, 6.45) is 2.72. The number of rotatable bonds is 7. The van der Waals surface area contributed by atoms with E-state index in [-0.39, 0.29) is 12.5 Å². The van der Waals surface area contributed by atoms with Crippen LogP contribution in [0.4, 0.5) is 0 Å². The van der Waals surface area contributed by atoms with E-state index >= 15 is 0 Å². The zero-order chi connectivity index (χ0) is 13.4. The number of unbranched alkanes of at least 4 members (excludes halogenated alkanes) is 1. The molecule has 1 amide bonds. The van der Waals surface area contributed by atoms with Gasteiger partial charge >= 0.3 is 0 Å². The van der Waals surface area contributed by atoms with Gasteiger partial charge in [-0.15, -0.1) is 0 Å². The standard InChI is InChI=1S/C14H19NO3/c1-3-4-7-15-14(17)10-18-13-6-5-11(2)8-12(13)9-16/h5-6,8-9H,3-4,7,10H2,1-2H3,(H,15,17). The molecule has 1 aromatic carbocycles. The number of hydrogen-bond acceptors (Lipinski definition) is 3. The lowest BCUT2D eigenvalue weighted by Crippen LogP contribution is -2.29. The number of hydrogen-bond donors (Lipinski definition) is 1. The summed E-state index contributed by atoms with van der Waals surface area (Å²) in [5.41, 5.74) is 1.45. The second-order valence-corrected chi connectivity index (χ2v) is 4.15. The lowest BCUT2D eigenvalue weighted by Gasteiger charge is -2.09. The molecule has 4 heteroatoms. The van der Waals surface area contributed by atoms with Crippen LogP contribution in [0.25, 0.3) is 0 Å². The Labute approximate surface area is 107 Å². The maximum Gasteiger partial charge on any atom is 0.257 e. The summed E-state index contributed by atoms with van der Waals surface area (Å²) in [6.45, 7) is 4.56. The Hall–Kier alpha value is -1.84. The van der Waals surface area contributed by atoms with Gasteiger partial charge in [-0.05, 0) is 25.5 Å². The molecule has 0 aliphatic heterocycles. The van der Waals surface area contributed by atoms with Gasteiger partial charge in [0.25, 0.3) is 5.91 Å². The smallest absolute Gasteiger partial charge is 0.257 e. The van der Waals surface area contributed by atoms with Crippen molar-refractivity contribution in [1.82, 2.24) is 5.32 Å². The number of aryl methyl sites for hydroxylation is 1. The molecule has 0 saturated carbocycles. The third-order valence-electron chi connectivity index (χ3n) is 2.50. The average molecular weight is 249 g/mol. The van der Waals surface area contributed by atoms with E-state index in [1.54, 1.807) is 12.1 Å². The van der Waals surface area contributed by atoms with E-state index in [1.807, 2.05) is 13.0 Å². The maximum absolute atomic E-state index is 11.4. The topological polar surface area (TPSA) is 55.4 Å². The molecule has 98 valence electrons. The van der Waals surface area contributed by atoms with Crippen LogP contribution in [-0.4, -0.2) is 25.3 Å². The summed E-state index contributed by atoms with van der Waals surface area (Å²) in [5.74, 6) is 0.280. The van der Waals surface area contributed by atoms with Crippen molar-refractivity contribution in [3.63, 3.8) is 0 Å². The van der Waals surface area contributed by atoms with Crippen molar-refractivity contribution in [3.8, 4) is 5.75 Å². The van der Waals surface area contributed by atoms with Crippen molar-refractivity contribution < 1.29 is 14.3 Å². The normalized spacial score (nSPS) is 9.89. The molecule has 1 aromatic rings. The Morgan fingerprint density at radius 3 is 2.89 bits per heavy atom. The van der Waals surface area contributed by atoms with Crippen molar-refractivity contribution in [2.75, 3.05) is 13.2 Å². The monoisotopic (exact) mass is 249 g/mol. The molecule has 0 heterocycles. The summed E-state index contributed by atoms with van der Waals surface area (Å²) in [5, 5.41) is 2.75. The Bertz CT molecular complexity index is 416. The molecule has 0 aliphatic carbocycles. The minimum Gasteiger partial charge on any atom is -0.483 e. The number of nitrogens with one attached hydrogen (secondary N) is 1. The molecule has 4 nitrogen and oxygen atoms in total. The van der Waals surface area contributed by atoms with Crippen molar-refractivity contribution in [1.29, 1.82) is 0 Å². The number of ether oxygens (including phenoxy) is 1. The molecule has 0 bridgehead atoms. The van der Waals surface area contributed by atoms with Crippen LogP contribution in [0, 0.1) is 6.92 Å². The van der Waals surface area contributed by atoms with Crippen molar-refractivity contribution in [2.24, 2.45) is 0 Å². The van der Waals surface area contributed by atoms with Crippen LogP contribution < -0.4 is 10.1 Å². The molecule has 18 heavy (non-hydrogen) atoms. The molecule has 1 rings (SSSR count). The third-order valence-corrected chi connectivity index (χ3v) is 2.50. The highest BCUT2D eigenvalue weighted by Crippen LogP contribution is 2.17. The van der Waals surface area contributed by atoms with Gasteiger partial charge < -0.3 is 10.1 Å². The Morgan fingerprint density at radius 1 is 1.44 bits per heavy atom. The molecule has 0 radical (unpaired) electrons. The SMILES string of the molecule is CCCCNC(=O)COc1ccc(C)cc1C=O. The molecule has 0 saturated heterocycles. The number of aldehydes is 1. The van der Waals surface area contributed by atoms with Crippen LogP contribution in [0.5, 0.6) is 5.75 Å². The molecular formula is C14H19NO3. The first-order valence-electron chi connectivity index (χ1n) is 6.12. The number of amides is 1. The minimum atomic E-state index is -0.166. The van der Waals surface area contributed by atoms with Gasteiger partial charge in [-0.25, -0.2) is 0 Å². The predicted molar refractivity (Wildman–Crippen MR) is 70.0 cm³/mol. The number of carbonyl (C=O) groups is 2. The van der Waals surface area contributed by atoms with Crippen molar-refractivity contribution >= 4 is 12.2 Å². The fourth-order valence-electron chi connectivity index (χ4n) is 1.49. The second kappa shape index (κ2) is 7.48. The molecule has 0 atom stereocenters. The van der Waals surface area contributed by atoms with E-state index in [9.17, 15) is 9.59 Å². The fourth-order valence-corrected chi connectivity index (χ4v) is 1.49. The summed E-state index contributed by atoms with van der Waals surface area (Å²) in [7, 11) is 0. The summed E-state index contributed by atoms with van der Waals surface area (Å²) in [6, 6.07) is 5.28. The van der Waals surface area contributed by atoms with E-state index in [2.05, 4.69) is 12.2 Å². The highest BCUT2D eigenvalue weighted by Gasteiger charge is 2.06. The predicted octanol–water partition coefficient (Wildman–Crippen LogP) is 2.10. The fraction of sp³-hybridized carbons (Fsp3) is 0.429. The molecule has 1 N–H and O–H groups in total. The van der Waals surface area contributed by atoms with Gasteiger partial charge in [0.05, 0.1) is 5.56 Å². The highest BCUT2D eigenvalue weighted by atomic mass is 16.5. The van der Waals surface area contributed by atoms with Crippen LogP contribution in [0.15, 0.2) is 18.2 Å².